The van der Waals surface area contributed by atoms with Crippen LogP contribution in [-0.4, -0.2) is 79.5 Å². The molecule has 6 nitrogen and oxygen atoms in total. The van der Waals surface area contributed by atoms with Crippen LogP contribution in [0.15, 0.2) is 0 Å². The van der Waals surface area contributed by atoms with Crippen molar-refractivity contribution >= 4 is 15.9 Å². The summed E-state index contributed by atoms with van der Waals surface area (Å²) in [5, 5.41) is 0. The number of rotatable bonds is 3. The Morgan fingerprint density at radius 2 is 1.64 bits per heavy atom. The second kappa shape index (κ2) is 6.82. The minimum Gasteiger partial charge on any atom is -0.342 e. The van der Waals surface area contributed by atoms with Crippen molar-refractivity contribution in [3.8, 4) is 0 Å². The number of sulfonamides is 1. The van der Waals surface area contributed by atoms with Gasteiger partial charge in [0.15, 0.2) is 0 Å². The SMILES string of the molecule is CS(=O)(=O)N1CCC(C(=O)N2CC[C@H]3[C@H](CCCN3C3CC3)C2)CC1. The number of likely N-dealkylation sites (tertiary alicyclic amines) is 2. The van der Waals surface area contributed by atoms with E-state index in [0.717, 1.165) is 25.6 Å². The molecule has 0 aromatic rings. The van der Waals surface area contributed by atoms with E-state index in [1.54, 1.807) is 0 Å². The van der Waals surface area contributed by atoms with E-state index in [4.69, 9.17) is 0 Å². The van der Waals surface area contributed by atoms with Crippen molar-refractivity contribution in [2.75, 3.05) is 39.0 Å². The quantitative estimate of drug-likeness (QED) is 0.748. The number of carbonyl (C=O) groups excluding carboxylic acids is 1. The zero-order valence-electron chi connectivity index (χ0n) is 15.3. The zero-order chi connectivity index (χ0) is 17.6. The summed E-state index contributed by atoms with van der Waals surface area (Å²) in [6, 6.07) is 1.52. The van der Waals surface area contributed by atoms with E-state index < -0.39 is 10.0 Å². The summed E-state index contributed by atoms with van der Waals surface area (Å²) in [4.78, 5) is 17.8. The lowest BCUT2D eigenvalue weighted by atomic mass is 9.83. The third-order valence-electron chi connectivity index (χ3n) is 6.71. The van der Waals surface area contributed by atoms with Gasteiger partial charge in [-0.1, -0.05) is 0 Å². The van der Waals surface area contributed by atoms with Crippen molar-refractivity contribution in [3.05, 3.63) is 0 Å². The molecular weight excluding hydrogens is 338 g/mol. The summed E-state index contributed by atoms with van der Waals surface area (Å²) in [5.41, 5.74) is 0. The summed E-state index contributed by atoms with van der Waals surface area (Å²) < 4.78 is 24.8. The van der Waals surface area contributed by atoms with Gasteiger partial charge in [-0.15, -0.1) is 0 Å². The molecule has 142 valence electrons. The second-order valence-electron chi connectivity index (χ2n) is 8.45. The fraction of sp³-hybridized carbons (Fsp3) is 0.944. The third kappa shape index (κ3) is 3.74. The molecule has 0 spiro atoms. The van der Waals surface area contributed by atoms with E-state index in [2.05, 4.69) is 9.80 Å². The molecule has 0 aromatic heterocycles. The first-order chi connectivity index (χ1) is 11.9. The van der Waals surface area contributed by atoms with Gasteiger partial charge in [-0.2, -0.15) is 0 Å². The van der Waals surface area contributed by atoms with Gasteiger partial charge in [-0.25, -0.2) is 12.7 Å². The Morgan fingerprint density at radius 1 is 0.920 bits per heavy atom. The van der Waals surface area contributed by atoms with Crippen molar-refractivity contribution < 1.29 is 13.2 Å². The number of fused-ring (bicyclic) bond motifs is 1. The maximum absolute atomic E-state index is 13.0. The molecule has 25 heavy (non-hydrogen) atoms. The third-order valence-corrected chi connectivity index (χ3v) is 8.01. The molecule has 1 saturated carbocycles. The van der Waals surface area contributed by atoms with E-state index in [9.17, 15) is 13.2 Å². The van der Waals surface area contributed by atoms with Crippen molar-refractivity contribution in [3.63, 3.8) is 0 Å². The van der Waals surface area contributed by atoms with Crippen molar-refractivity contribution in [1.29, 1.82) is 0 Å². The molecule has 4 aliphatic rings. The number of nitrogens with zero attached hydrogens (tertiary/aromatic N) is 3. The van der Waals surface area contributed by atoms with Crippen LogP contribution in [0, 0.1) is 11.8 Å². The second-order valence-corrected chi connectivity index (χ2v) is 10.4. The van der Waals surface area contributed by atoms with Gasteiger partial charge < -0.3 is 4.90 Å². The minimum absolute atomic E-state index is 0.0117. The molecule has 1 aliphatic carbocycles. The average molecular weight is 370 g/mol. The summed E-state index contributed by atoms with van der Waals surface area (Å²) in [6.07, 6.45) is 8.98. The lowest BCUT2D eigenvalue weighted by molar-refractivity contribution is -0.140. The first kappa shape index (κ1) is 17.7. The summed E-state index contributed by atoms with van der Waals surface area (Å²) in [6.45, 7) is 4.04. The molecule has 4 fully saturated rings. The van der Waals surface area contributed by atoms with Gasteiger partial charge in [0.2, 0.25) is 15.9 Å². The Hall–Kier alpha value is -0.660. The summed E-state index contributed by atoms with van der Waals surface area (Å²) >= 11 is 0. The fourth-order valence-electron chi connectivity index (χ4n) is 5.19. The van der Waals surface area contributed by atoms with Crippen molar-refractivity contribution in [2.45, 2.75) is 57.0 Å². The number of hydrogen-bond donors (Lipinski definition) is 0. The van der Waals surface area contributed by atoms with Gasteiger partial charge >= 0.3 is 0 Å². The Kier molecular flexibility index (Phi) is 4.84. The smallest absolute Gasteiger partial charge is 0.225 e. The molecule has 0 radical (unpaired) electrons. The normalized spacial score (nSPS) is 33.2. The maximum atomic E-state index is 13.0. The monoisotopic (exact) mass is 369 g/mol. The largest absolute Gasteiger partial charge is 0.342 e. The number of piperidine rings is 3. The topological polar surface area (TPSA) is 60.9 Å². The van der Waals surface area contributed by atoms with Gasteiger partial charge in [-0.3, -0.25) is 9.69 Å². The van der Waals surface area contributed by atoms with E-state index in [1.165, 1.54) is 42.8 Å². The molecule has 3 heterocycles. The average Bonchev–Trinajstić information content (AvgIpc) is 3.44. The first-order valence-electron chi connectivity index (χ1n) is 9.93. The van der Waals surface area contributed by atoms with Gasteiger partial charge in [0, 0.05) is 44.2 Å². The Bertz CT molecular complexity index is 611. The number of carbonyl (C=O) groups is 1. The van der Waals surface area contributed by atoms with Gasteiger partial charge in [0.25, 0.3) is 0 Å². The number of amides is 1. The lowest BCUT2D eigenvalue weighted by Crippen LogP contribution is -2.56. The van der Waals surface area contributed by atoms with Crippen molar-refractivity contribution in [1.82, 2.24) is 14.1 Å². The minimum atomic E-state index is -3.12. The highest BCUT2D eigenvalue weighted by Gasteiger charge is 2.43. The van der Waals surface area contributed by atoms with E-state index in [0.29, 0.717) is 37.9 Å². The van der Waals surface area contributed by atoms with Crippen LogP contribution in [0.5, 0.6) is 0 Å². The van der Waals surface area contributed by atoms with E-state index >= 15 is 0 Å². The Labute approximate surface area is 151 Å². The van der Waals surface area contributed by atoms with Crippen LogP contribution in [0.25, 0.3) is 0 Å². The summed E-state index contributed by atoms with van der Waals surface area (Å²) in [7, 11) is -3.12. The molecule has 0 unspecified atom stereocenters. The maximum Gasteiger partial charge on any atom is 0.225 e. The van der Waals surface area contributed by atoms with Crippen LogP contribution in [0.1, 0.15) is 44.9 Å². The highest BCUT2D eigenvalue weighted by atomic mass is 32.2. The predicted octanol–water partition coefficient (Wildman–Crippen LogP) is 1.13. The highest BCUT2D eigenvalue weighted by Crippen LogP contribution is 2.38. The van der Waals surface area contributed by atoms with Crippen LogP contribution >= 0.6 is 0 Å². The molecule has 1 amide bonds. The molecule has 3 aliphatic heterocycles. The number of hydrogen-bond acceptors (Lipinski definition) is 4. The van der Waals surface area contributed by atoms with Crippen LogP contribution < -0.4 is 0 Å². The van der Waals surface area contributed by atoms with Crippen LogP contribution in [-0.2, 0) is 14.8 Å². The van der Waals surface area contributed by atoms with Crippen molar-refractivity contribution in [2.24, 2.45) is 11.8 Å². The molecule has 3 saturated heterocycles. The van der Waals surface area contributed by atoms with Crippen LogP contribution in [0.4, 0.5) is 0 Å². The molecule has 4 rings (SSSR count). The molecular formula is C18H31N3O3S. The van der Waals surface area contributed by atoms with Crippen LogP contribution in [0.2, 0.25) is 0 Å². The summed E-state index contributed by atoms with van der Waals surface area (Å²) in [5.74, 6) is 0.927. The predicted molar refractivity (Wildman–Crippen MR) is 96.6 cm³/mol. The first-order valence-corrected chi connectivity index (χ1v) is 11.8. The molecule has 2 atom stereocenters. The molecule has 0 bridgehead atoms. The standard InChI is InChI=1S/C18H31N3O3S/c1-25(23,24)20-11-6-14(7-12-20)18(22)19-10-8-17-15(13-19)3-2-9-21(17)16-4-5-16/h14-17H,2-13H2,1H3/t15-,17+/m1/s1. The molecule has 0 N–H and O–H groups in total. The van der Waals surface area contributed by atoms with E-state index in [1.807, 2.05) is 0 Å². The Morgan fingerprint density at radius 3 is 2.28 bits per heavy atom. The molecule has 7 heteroatoms. The van der Waals surface area contributed by atoms with Gasteiger partial charge in [-0.05, 0) is 57.4 Å². The van der Waals surface area contributed by atoms with Crippen LogP contribution in [0.3, 0.4) is 0 Å². The van der Waals surface area contributed by atoms with E-state index in [-0.39, 0.29) is 11.8 Å². The highest BCUT2D eigenvalue weighted by molar-refractivity contribution is 7.88. The van der Waals surface area contributed by atoms with Gasteiger partial charge in [0.05, 0.1) is 6.26 Å². The van der Waals surface area contributed by atoms with Gasteiger partial charge in [0.1, 0.15) is 0 Å². The zero-order valence-corrected chi connectivity index (χ0v) is 16.1. The fourth-order valence-corrected chi connectivity index (χ4v) is 6.07. The molecule has 0 aromatic carbocycles. The lowest BCUT2D eigenvalue weighted by Gasteiger charge is -2.48. The Balaban J connectivity index is 1.33.